The van der Waals surface area contributed by atoms with Gasteiger partial charge in [0, 0.05) is 22.2 Å². The third kappa shape index (κ3) is 4.11. The van der Waals surface area contributed by atoms with Gasteiger partial charge in [0.05, 0.1) is 24.8 Å². The number of allylic oxidation sites excluding steroid dienone is 1. The van der Waals surface area contributed by atoms with Crippen LogP contribution in [0.25, 0.3) is 6.08 Å². The van der Waals surface area contributed by atoms with Crippen LogP contribution in [0.2, 0.25) is 5.02 Å². The molecule has 172 valence electrons. The minimum atomic E-state index is -0.553. The molecule has 2 aliphatic rings. The van der Waals surface area contributed by atoms with Crippen molar-refractivity contribution in [1.29, 1.82) is 0 Å². The molecule has 0 fully saturated rings. The molecule has 2 heterocycles. The first kappa shape index (κ1) is 22.0. The number of Topliss-reactive ketones (excluding diaryl/α,β-unsaturated/α-hetero) is 1. The fourth-order valence-corrected chi connectivity index (χ4v) is 4.16. The minimum Gasteiger partial charge on any atom is -0.497 e. The van der Waals surface area contributed by atoms with Crippen LogP contribution in [0.15, 0.2) is 54.3 Å². The van der Waals surface area contributed by atoms with E-state index in [0.29, 0.717) is 51.1 Å². The van der Waals surface area contributed by atoms with Gasteiger partial charge in [-0.25, -0.2) is 4.79 Å². The monoisotopic (exact) mass is 478 g/mol. The van der Waals surface area contributed by atoms with Crippen LogP contribution in [0, 0.1) is 6.92 Å². The first-order valence-electron chi connectivity index (χ1n) is 10.4. The molecule has 0 aromatic heterocycles. The van der Waals surface area contributed by atoms with Crippen LogP contribution in [0.5, 0.6) is 23.0 Å². The van der Waals surface area contributed by atoms with Crippen molar-refractivity contribution in [2.75, 3.05) is 13.9 Å². The van der Waals surface area contributed by atoms with E-state index in [2.05, 4.69) is 0 Å². The summed E-state index contributed by atoms with van der Waals surface area (Å²) in [7, 11) is 1.52. The number of ketones is 1. The van der Waals surface area contributed by atoms with Crippen LogP contribution < -0.4 is 18.9 Å². The average Bonchev–Trinajstić information content (AvgIpc) is 3.14. The Hall–Kier alpha value is -3.81. The molecular weight excluding hydrogens is 460 g/mol. The lowest BCUT2D eigenvalue weighted by Crippen LogP contribution is -2.12. The SMILES string of the molecule is COc1cccc(C(=O)Oc2cc(C)c3c(c2)O/C(=C\c2cc(Cl)cc4c2OCOC4)C3=O)c1. The van der Waals surface area contributed by atoms with Gasteiger partial charge in [0.25, 0.3) is 0 Å². The fourth-order valence-electron chi connectivity index (χ4n) is 3.91. The second-order valence-corrected chi connectivity index (χ2v) is 8.20. The maximum Gasteiger partial charge on any atom is 0.343 e. The molecule has 3 aromatic rings. The minimum absolute atomic E-state index is 0.112. The van der Waals surface area contributed by atoms with Gasteiger partial charge in [-0.15, -0.1) is 0 Å². The van der Waals surface area contributed by atoms with E-state index in [1.165, 1.54) is 13.2 Å². The van der Waals surface area contributed by atoms with E-state index in [9.17, 15) is 9.59 Å². The standard InChI is InChI=1S/C26H19ClO7/c1-14-6-20(33-26(29)15-4-3-5-19(9-15)30-2)11-21-23(14)24(28)22(34-21)10-16-7-18(27)8-17-12-31-13-32-25(16)17/h3-11H,12-13H2,1-2H3/b22-10-. The third-order valence-electron chi connectivity index (χ3n) is 5.45. The number of hydrogen-bond acceptors (Lipinski definition) is 7. The van der Waals surface area contributed by atoms with E-state index in [1.54, 1.807) is 55.5 Å². The number of aryl methyl sites for hydroxylation is 1. The van der Waals surface area contributed by atoms with Crippen molar-refractivity contribution in [3.8, 4) is 23.0 Å². The first-order valence-corrected chi connectivity index (χ1v) is 10.8. The van der Waals surface area contributed by atoms with Gasteiger partial charge in [0.2, 0.25) is 5.78 Å². The quantitative estimate of drug-likeness (QED) is 0.284. The Morgan fingerprint density at radius 3 is 2.79 bits per heavy atom. The Morgan fingerprint density at radius 2 is 1.97 bits per heavy atom. The highest BCUT2D eigenvalue weighted by atomic mass is 35.5. The number of fused-ring (bicyclic) bond motifs is 2. The van der Waals surface area contributed by atoms with Crippen molar-refractivity contribution < 1.29 is 33.3 Å². The molecule has 0 bridgehead atoms. The highest BCUT2D eigenvalue weighted by molar-refractivity contribution is 6.31. The van der Waals surface area contributed by atoms with Crippen LogP contribution in [-0.4, -0.2) is 25.7 Å². The maximum atomic E-state index is 13.1. The molecule has 0 radical (unpaired) electrons. The molecule has 8 heteroatoms. The molecule has 34 heavy (non-hydrogen) atoms. The Balaban J connectivity index is 1.44. The normalized spacial score (nSPS) is 15.3. The molecule has 0 amide bonds. The van der Waals surface area contributed by atoms with Crippen molar-refractivity contribution >= 4 is 29.4 Å². The zero-order valence-electron chi connectivity index (χ0n) is 18.3. The largest absolute Gasteiger partial charge is 0.497 e. The van der Waals surface area contributed by atoms with Crippen LogP contribution in [0.1, 0.15) is 37.4 Å². The van der Waals surface area contributed by atoms with Crippen LogP contribution >= 0.6 is 11.6 Å². The number of benzene rings is 3. The van der Waals surface area contributed by atoms with Crippen molar-refractivity contribution in [1.82, 2.24) is 0 Å². The topological polar surface area (TPSA) is 80.3 Å². The number of methoxy groups -OCH3 is 1. The van der Waals surface area contributed by atoms with E-state index in [4.69, 9.17) is 35.3 Å². The molecule has 3 aromatic carbocycles. The fraction of sp³-hybridized carbons (Fsp3) is 0.154. The van der Waals surface area contributed by atoms with Crippen LogP contribution in [0.4, 0.5) is 0 Å². The van der Waals surface area contributed by atoms with Gasteiger partial charge in [0.1, 0.15) is 23.0 Å². The highest BCUT2D eigenvalue weighted by Gasteiger charge is 2.31. The summed E-state index contributed by atoms with van der Waals surface area (Å²) in [6, 6.07) is 13.3. The summed E-state index contributed by atoms with van der Waals surface area (Å²) in [5.74, 6) is 1.00. The molecule has 0 saturated heterocycles. The van der Waals surface area contributed by atoms with Gasteiger partial charge in [-0.2, -0.15) is 0 Å². The van der Waals surface area contributed by atoms with Crippen molar-refractivity contribution in [2.45, 2.75) is 13.5 Å². The van der Waals surface area contributed by atoms with E-state index in [0.717, 1.165) is 5.56 Å². The number of esters is 1. The Kier molecular flexibility index (Phi) is 5.73. The lowest BCUT2D eigenvalue weighted by molar-refractivity contribution is -0.0165. The molecule has 0 saturated carbocycles. The maximum absolute atomic E-state index is 13.1. The summed E-state index contributed by atoms with van der Waals surface area (Å²) < 4.78 is 27.5. The van der Waals surface area contributed by atoms with E-state index < -0.39 is 5.97 Å². The summed E-state index contributed by atoms with van der Waals surface area (Å²) in [6.45, 7) is 2.23. The predicted molar refractivity (Wildman–Crippen MR) is 124 cm³/mol. The van der Waals surface area contributed by atoms with Crippen molar-refractivity contribution in [2.24, 2.45) is 0 Å². The molecule has 0 atom stereocenters. The van der Waals surface area contributed by atoms with Crippen LogP contribution in [-0.2, 0) is 11.3 Å². The summed E-state index contributed by atoms with van der Waals surface area (Å²) in [6.07, 6.45) is 1.60. The number of carbonyl (C=O) groups excluding carboxylic acids is 2. The number of carbonyl (C=O) groups is 2. The predicted octanol–water partition coefficient (Wildman–Crippen LogP) is 5.36. The highest BCUT2D eigenvalue weighted by Crippen LogP contribution is 2.39. The second-order valence-electron chi connectivity index (χ2n) is 7.77. The number of ether oxygens (including phenoxy) is 5. The van der Waals surface area contributed by atoms with E-state index in [1.807, 2.05) is 0 Å². The summed E-state index contributed by atoms with van der Waals surface area (Å²) in [5.41, 5.74) is 2.77. The number of rotatable bonds is 4. The van der Waals surface area contributed by atoms with Gasteiger partial charge >= 0.3 is 5.97 Å². The van der Waals surface area contributed by atoms with E-state index in [-0.39, 0.29) is 24.1 Å². The molecule has 0 spiro atoms. The summed E-state index contributed by atoms with van der Waals surface area (Å²) >= 11 is 6.23. The zero-order chi connectivity index (χ0) is 23.8. The Morgan fingerprint density at radius 1 is 1.12 bits per heavy atom. The Labute approximate surface area is 200 Å². The van der Waals surface area contributed by atoms with Gasteiger partial charge in [-0.05, 0) is 55.0 Å². The molecule has 0 N–H and O–H groups in total. The summed E-state index contributed by atoms with van der Waals surface area (Å²) in [5, 5.41) is 0.491. The Bertz CT molecular complexity index is 1360. The summed E-state index contributed by atoms with van der Waals surface area (Å²) in [4.78, 5) is 25.7. The second kappa shape index (κ2) is 8.85. The molecule has 5 rings (SSSR count). The van der Waals surface area contributed by atoms with Gasteiger partial charge in [-0.1, -0.05) is 17.7 Å². The first-order chi connectivity index (χ1) is 16.4. The third-order valence-corrected chi connectivity index (χ3v) is 5.67. The molecular formula is C26H19ClO7. The van der Waals surface area contributed by atoms with Gasteiger partial charge < -0.3 is 23.7 Å². The lowest BCUT2D eigenvalue weighted by atomic mass is 10.0. The molecule has 7 nitrogen and oxygen atoms in total. The van der Waals surface area contributed by atoms with Crippen LogP contribution in [0.3, 0.4) is 0 Å². The van der Waals surface area contributed by atoms with E-state index >= 15 is 0 Å². The molecule has 2 aliphatic heterocycles. The number of hydrogen-bond donors (Lipinski definition) is 0. The van der Waals surface area contributed by atoms with Crippen molar-refractivity contribution in [3.63, 3.8) is 0 Å². The van der Waals surface area contributed by atoms with Gasteiger partial charge in [-0.3, -0.25) is 4.79 Å². The van der Waals surface area contributed by atoms with Gasteiger partial charge in [0.15, 0.2) is 12.6 Å². The number of halogens is 1. The van der Waals surface area contributed by atoms with Crippen molar-refractivity contribution in [3.05, 3.63) is 87.1 Å². The molecule has 0 unspecified atom stereocenters. The average molecular weight is 479 g/mol. The zero-order valence-corrected chi connectivity index (χ0v) is 19.1. The smallest absolute Gasteiger partial charge is 0.343 e. The lowest BCUT2D eigenvalue weighted by Gasteiger charge is -2.20. The molecule has 0 aliphatic carbocycles.